The third-order valence-corrected chi connectivity index (χ3v) is 3.79. The van der Waals surface area contributed by atoms with Crippen LogP contribution in [0.5, 0.6) is 0 Å². The van der Waals surface area contributed by atoms with E-state index in [9.17, 15) is 0 Å². The standard InChI is InChI=1S/C17H21N3/c1-13-4-3-5-16(10-13)20(2)17-8-9-18-11-14(17)12-19-15-6-7-15/h3-5,8-11,15,19H,6-7,12H2,1-2H3. The fourth-order valence-electron chi connectivity index (χ4n) is 2.40. The van der Waals surface area contributed by atoms with Crippen molar-refractivity contribution in [1.29, 1.82) is 0 Å². The van der Waals surface area contributed by atoms with E-state index >= 15 is 0 Å². The van der Waals surface area contributed by atoms with E-state index in [2.05, 4.69) is 59.5 Å². The van der Waals surface area contributed by atoms with Crippen molar-refractivity contribution in [1.82, 2.24) is 10.3 Å². The third-order valence-electron chi connectivity index (χ3n) is 3.79. The highest BCUT2D eigenvalue weighted by atomic mass is 15.1. The molecule has 1 aromatic heterocycles. The van der Waals surface area contributed by atoms with E-state index in [1.54, 1.807) is 0 Å². The molecule has 3 heteroatoms. The summed E-state index contributed by atoms with van der Waals surface area (Å²) < 4.78 is 0. The van der Waals surface area contributed by atoms with Crippen molar-refractivity contribution in [2.45, 2.75) is 32.4 Å². The van der Waals surface area contributed by atoms with Crippen LogP contribution in [-0.4, -0.2) is 18.1 Å². The molecule has 0 spiro atoms. The van der Waals surface area contributed by atoms with E-state index in [0.717, 1.165) is 6.54 Å². The van der Waals surface area contributed by atoms with E-state index < -0.39 is 0 Å². The first-order chi connectivity index (χ1) is 9.74. The van der Waals surface area contributed by atoms with Gasteiger partial charge in [0, 0.05) is 49.0 Å². The zero-order valence-corrected chi connectivity index (χ0v) is 12.1. The predicted octanol–water partition coefficient (Wildman–Crippen LogP) is 3.41. The Balaban J connectivity index is 1.84. The fraction of sp³-hybridized carbons (Fsp3) is 0.353. The molecule has 3 rings (SSSR count). The Kier molecular flexibility index (Phi) is 3.70. The molecule has 1 saturated carbocycles. The van der Waals surface area contributed by atoms with Crippen molar-refractivity contribution < 1.29 is 0 Å². The molecule has 1 aliphatic rings. The van der Waals surface area contributed by atoms with Gasteiger partial charge in [0.25, 0.3) is 0 Å². The zero-order valence-electron chi connectivity index (χ0n) is 12.1. The predicted molar refractivity (Wildman–Crippen MR) is 83.3 cm³/mol. The lowest BCUT2D eigenvalue weighted by molar-refractivity contribution is 0.685. The van der Waals surface area contributed by atoms with Gasteiger partial charge < -0.3 is 10.2 Å². The second kappa shape index (κ2) is 5.63. The van der Waals surface area contributed by atoms with Crippen LogP contribution in [0.15, 0.2) is 42.7 Å². The highest BCUT2D eigenvalue weighted by Crippen LogP contribution is 2.28. The van der Waals surface area contributed by atoms with Crippen molar-refractivity contribution >= 4 is 11.4 Å². The van der Waals surface area contributed by atoms with Crippen molar-refractivity contribution in [3.8, 4) is 0 Å². The molecule has 0 amide bonds. The normalized spacial score (nSPS) is 14.3. The second-order valence-corrected chi connectivity index (χ2v) is 5.56. The number of aryl methyl sites for hydroxylation is 1. The summed E-state index contributed by atoms with van der Waals surface area (Å²) in [6.45, 7) is 3.02. The summed E-state index contributed by atoms with van der Waals surface area (Å²) >= 11 is 0. The number of pyridine rings is 1. The molecule has 1 N–H and O–H groups in total. The average Bonchev–Trinajstić information content (AvgIpc) is 3.29. The van der Waals surface area contributed by atoms with Gasteiger partial charge in [0.1, 0.15) is 0 Å². The third kappa shape index (κ3) is 2.99. The Bertz CT molecular complexity index is 590. The van der Waals surface area contributed by atoms with E-state index in [0.29, 0.717) is 6.04 Å². The van der Waals surface area contributed by atoms with Crippen molar-refractivity contribution in [2.24, 2.45) is 0 Å². The van der Waals surface area contributed by atoms with Crippen molar-refractivity contribution in [3.63, 3.8) is 0 Å². The maximum Gasteiger partial charge on any atom is 0.0484 e. The highest BCUT2D eigenvalue weighted by Gasteiger charge is 2.21. The minimum Gasteiger partial charge on any atom is -0.344 e. The Morgan fingerprint density at radius 2 is 2.15 bits per heavy atom. The molecule has 0 bridgehead atoms. The maximum atomic E-state index is 4.27. The van der Waals surface area contributed by atoms with E-state index in [1.165, 1.54) is 35.3 Å². The molecule has 1 aliphatic carbocycles. The second-order valence-electron chi connectivity index (χ2n) is 5.56. The van der Waals surface area contributed by atoms with Crippen LogP contribution in [0.2, 0.25) is 0 Å². The number of benzene rings is 1. The van der Waals surface area contributed by atoms with Gasteiger partial charge in [-0.25, -0.2) is 0 Å². The van der Waals surface area contributed by atoms with Crippen LogP contribution in [0.25, 0.3) is 0 Å². The summed E-state index contributed by atoms with van der Waals surface area (Å²) in [6.07, 6.45) is 6.45. The first-order valence-electron chi connectivity index (χ1n) is 7.21. The van der Waals surface area contributed by atoms with Crippen molar-refractivity contribution in [2.75, 3.05) is 11.9 Å². The Labute approximate surface area is 120 Å². The molecule has 1 aromatic carbocycles. The molecular formula is C17H21N3. The molecule has 1 fully saturated rings. The molecule has 0 saturated heterocycles. The van der Waals surface area contributed by atoms with Crippen LogP contribution >= 0.6 is 0 Å². The van der Waals surface area contributed by atoms with Gasteiger partial charge in [-0.3, -0.25) is 4.98 Å². The first-order valence-corrected chi connectivity index (χ1v) is 7.21. The van der Waals surface area contributed by atoms with Crippen LogP contribution in [0, 0.1) is 6.92 Å². The van der Waals surface area contributed by atoms with Gasteiger partial charge in [-0.2, -0.15) is 0 Å². The van der Waals surface area contributed by atoms with E-state index in [1.807, 2.05) is 12.4 Å². The minimum absolute atomic E-state index is 0.715. The topological polar surface area (TPSA) is 28.2 Å². The maximum absolute atomic E-state index is 4.27. The Morgan fingerprint density at radius 3 is 2.90 bits per heavy atom. The van der Waals surface area contributed by atoms with Crippen LogP contribution in [0.1, 0.15) is 24.0 Å². The molecule has 1 heterocycles. The number of hydrogen-bond acceptors (Lipinski definition) is 3. The largest absolute Gasteiger partial charge is 0.344 e. The average molecular weight is 267 g/mol. The van der Waals surface area contributed by atoms with E-state index in [4.69, 9.17) is 0 Å². The fourth-order valence-corrected chi connectivity index (χ4v) is 2.40. The van der Waals surface area contributed by atoms with Gasteiger partial charge >= 0.3 is 0 Å². The molecule has 20 heavy (non-hydrogen) atoms. The lowest BCUT2D eigenvalue weighted by Crippen LogP contribution is -2.19. The van der Waals surface area contributed by atoms with Crippen LogP contribution in [0.3, 0.4) is 0 Å². The summed E-state index contributed by atoms with van der Waals surface area (Å²) in [5, 5.41) is 3.56. The number of hydrogen-bond donors (Lipinski definition) is 1. The van der Waals surface area contributed by atoms with Gasteiger partial charge in [0.15, 0.2) is 0 Å². The number of rotatable bonds is 5. The highest BCUT2D eigenvalue weighted by molar-refractivity contribution is 5.65. The lowest BCUT2D eigenvalue weighted by Gasteiger charge is -2.23. The Hall–Kier alpha value is -1.87. The number of anilines is 2. The molecule has 3 nitrogen and oxygen atoms in total. The van der Waals surface area contributed by atoms with Gasteiger partial charge in [-0.05, 0) is 43.5 Å². The molecular weight excluding hydrogens is 246 g/mol. The number of nitrogens with one attached hydrogen (secondary N) is 1. The van der Waals surface area contributed by atoms with Crippen molar-refractivity contribution in [3.05, 3.63) is 53.9 Å². The lowest BCUT2D eigenvalue weighted by atomic mass is 10.1. The molecule has 2 aromatic rings. The summed E-state index contributed by atoms with van der Waals surface area (Å²) in [7, 11) is 2.12. The molecule has 0 unspecified atom stereocenters. The SMILES string of the molecule is Cc1cccc(N(C)c2ccncc2CNC2CC2)c1. The molecule has 0 aliphatic heterocycles. The van der Waals surface area contributed by atoms with Gasteiger partial charge in [-0.15, -0.1) is 0 Å². The van der Waals surface area contributed by atoms with Gasteiger partial charge in [-0.1, -0.05) is 12.1 Å². The molecule has 104 valence electrons. The zero-order chi connectivity index (χ0) is 13.9. The van der Waals surface area contributed by atoms with Gasteiger partial charge in [0.2, 0.25) is 0 Å². The summed E-state index contributed by atoms with van der Waals surface area (Å²) in [5.41, 5.74) is 4.96. The summed E-state index contributed by atoms with van der Waals surface area (Å²) in [5.74, 6) is 0. The van der Waals surface area contributed by atoms with Gasteiger partial charge in [0.05, 0.1) is 0 Å². The monoisotopic (exact) mass is 267 g/mol. The Morgan fingerprint density at radius 1 is 1.30 bits per heavy atom. The molecule has 0 atom stereocenters. The summed E-state index contributed by atoms with van der Waals surface area (Å²) in [4.78, 5) is 6.51. The number of aromatic nitrogens is 1. The van der Waals surface area contributed by atoms with Crippen LogP contribution in [0.4, 0.5) is 11.4 Å². The first kappa shape index (κ1) is 13.1. The smallest absolute Gasteiger partial charge is 0.0484 e. The quantitative estimate of drug-likeness (QED) is 0.900. The number of nitrogens with zero attached hydrogens (tertiary/aromatic N) is 2. The van der Waals surface area contributed by atoms with E-state index in [-0.39, 0.29) is 0 Å². The van der Waals surface area contributed by atoms with Crippen LogP contribution < -0.4 is 10.2 Å². The van der Waals surface area contributed by atoms with Crippen LogP contribution in [-0.2, 0) is 6.54 Å². The summed E-state index contributed by atoms with van der Waals surface area (Å²) in [6, 6.07) is 11.4. The molecule has 0 radical (unpaired) electrons. The minimum atomic E-state index is 0.715.